The van der Waals surface area contributed by atoms with Gasteiger partial charge in [-0.05, 0) is 42.8 Å². The molecule has 0 fully saturated rings. The maximum Gasteiger partial charge on any atom is 0.303 e. The lowest BCUT2D eigenvalue weighted by Crippen LogP contribution is -3.14. The summed E-state index contributed by atoms with van der Waals surface area (Å²) in [6.45, 7) is 3.46. The van der Waals surface area contributed by atoms with E-state index in [-0.39, 0.29) is 6.04 Å². The maximum atomic E-state index is 12.6. The molecule has 146 valence electrons. The van der Waals surface area contributed by atoms with Crippen molar-refractivity contribution in [2.24, 2.45) is 0 Å². The number of quaternary nitrogens is 1. The Labute approximate surface area is 172 Å². The Morgan fingerprint density at radius 1 is 1.14 bits per heavy atom. The second kappa shape index (κ2) is 7.22. The fourth-order valence-electron chi connectivity index (χ4n) is 4.14. The van der Waals surface area contributed by atoms with Gasteiger partial charge in [-0.15, -0.1) is 0 Å². The molecule has 0 saturated carbocycles. The number of halogens is 1. The first kappa shape index (κ1) is 19.0. The highest BCUT2D eigenvalue weighted by atomic mass is 79.9. The summed E-state index contributed by atoms with van der Waals surface area (Å²) in [6.07, 6.45) is 0.874. The second-order valence-electron chi connectivity index (χ2n) is 7.17. The zero-order chi connectivity index (χ0) is 20.0. The number of carbonyl (C=O) groups excluding carboxylic acids is 2. The Hall–Kier alpha value is -2.38. The maximum absolute atomic E-state index is 12.6. The van der Waals surface area contributed by atoms with Crippen molar-refractivity contribution in [3.05, 3.63) is 51.5 Å². The highest BCUT2D eigenvalue weighted by Crippen LogP contribution is 2.34. The summed E-state index contributed by atoms with van der Waals surface area (Å²) in [6, 6.07) is 9.64. The molecule has 6 nitrogen and oxygen atoms in total. The zero-order valence-electron chi connectivity index (χ0n) is 16.0. The summed E-state index contributed by atoms with van der Waals surface area (Å²) >= 11 is 3.37. The topological polar surface area (TPSA) is 60.3 Å². The molecule has 0 aromatic heterocycles. The predicted octanol–water partition coefficient (Wildman–Crippen LogP) is 2.16. The van der Waals surface area contributed by atoms with Crippen LogP contribution in [0.15, 0.2) is 34.8 Å². The third-order valence-electron chi connectivity index (χ3n) is 5.73. The van der Waals surface area contributed by atoms with Gasteiger partial charge in [-0.1, -0.05) is 15.9 Å². The summed E-state index contributed by atoms with van der Waals surface area (Å²) in [4.78, 5) is 27.8. The van der Waals surface area contributed by atoms with Gasteiger partial charge in [-0.25, -0.2) is 0 Å². The van der Waals surface area contributed by atoms with Crippen LogP contribution < -0.4 is 19.3 Å². The lowest BCUT2D eigenvalue weighted by atomic mass is 9.93. The molecule has 0 aliphatic carbocycles. The molecule has 2 aromatic rings. The average molecular weight is 446 g/mol. The number of ether oxygens (including phenoxy) is 2. The first-order chi connectivity index (χ1) is 13.4. The number of fused-ring (bicyclic) bond motifs is 2. The van der Waals surface area contributed by atoms with Crippen LogP contribution in [0.5, 0.6) is 11.5 Å². The van der Waals surface area contributed by atoms with Gasteiger partial charge in [-0.2, -0.15) is 0 Å². The van der Waals surface area contributed by atoms with Gasteiger partial charge in [0, 0.05) is 16.5 Å². The Morgan fingerprint density at radius 2 is 1.86 bits per heavy atom. The number of methoxy groups -OCH3 is 2. The van der Waals surface area contributed by atoms with Crippen LogP contribution in [-0.4, -0.2) is 39.1 Å². The second-order valence-corrected chi connectivity index (χ2v) is 8.08. The largest absolute Gasteiger partial charge is 0.493 e. The van der Waals surface area contributed by atoms with Crippen molar-refractivity contribution in [1.82, 2.24) is 0 Å². The van der Waals surface area contributed by atoms with Gasteiger partial charge >= 0.3 is 5.91 Å². The van der Waals surface area contributed by atoms with Crippen molar-refractivity contribution in [1.29, 1.82) is 0 Å². The number of carbonyl (C=O) groups is 2. The quantitative estimate of drug-likeness (QED) is 0.732. The van der Waals surface area contributed by atoms with Crippen LogP contribution in [0, 0.1) is 0 Å². The van der Waals surface area contributed by atoms with Crippen LogP contribution in [0.2, 0.25) is 0 Å². The van der Waals surface area contributed by atoms with E-state index in [2.05, 4.69) is 22.9 Å². The van der Waals surface area contributed by atoms with E-state index in [0.29, 0.717) is 23.7 Å². The minimum Gasteiger partial charge on any atom is -0.493 e. The standard InChI is InChI=1S/C21H21BrN2O4/c1-12-15-10-19(28-3)18(27-2)8-13(15)6-7-23(12)11-24-17-5-4-14(22)9-16(17)20(25)21(24)26/h4-5,8-10,12H,6-7,11H2,1-3H3/p+1/t12-/m0/s1. The van der Waals surface area contributed by atoms with E-state index in [4.69, 9.17) is 9.47 Å². The van der Waals surface area contributed by atoms with Crippen LogP contribution in [0.4, 0.5) is 5.69 Å². The van der Waals surface area contributed by atoms with Crippen molar-refractivity contribution < 1.29 is 24.0 Å². The number of hydrogen-bond donors (Lipinski definition) is 1. The van der Waals surface area contributed by atoms with E-state index in [0.717, 1.165) is 23.2 Å². The summed E-state index contributed by atoms with van der Waals surface area (Å²) in [7, 11) is 3.27. The summed E-state index contributed by atoms with van der Waals surface area (Å²) in [5.74, 6) is 0.548. The Kier molecular flexibility index (Phi) is 4.89. The summed E-state index contributed by atoms with van der Waals surface area (Å²) < 4.78 is 11.7. The molecule has 2 atom stereocenters. The van der Waals surface area contributed by atoms with Crippen LogP contribution in [0.1, 0.15) is 34.5 Å². The number of benzene rings is 2. The lowest BCUT2D eigenvalue weighted by molar-refractivity contribution is -0.930. The van der Waals surface area contributed by atoms with E-state index in [1.807, 2.05) is 24.3 Å². The molecule has 1 unspecified atom stereocenters. The first-order valence-electron chi connectivity index (χ1n) is 9.19. The minimum atomic E-state index is -0.453. The summed E-state index contributed by atoms with van der Waals surface area (Å²) in [5, 5.41) is 0. The van der Waals surface area contributed by atoms with Gasteiger partial charge in [0.15, 0.2) is 18.2 Å². The van der Waals surface area contributed by atoms with E-state index < -0.39 is 11.7 Å². The highest BCUT2D eigenvalue weighted by molar-refractivity contribution is 9.10. The molecule has 7 heteroatoms. The molecule has 2 aromatic carbocycles. The monoisotopic (exact) mass is 445 g/mol. The molecule has 0 spiro atoms. The smallest absolute Gasteiger partial charge is 0.303 e. The number of amides is 1. The summed E-state index contributed by atoms with van der Waals surface area (Å²) in [5.41, 5.74) is 3.58. The molecule has 0 saturated heterocycles. The molecule has 0 radical (unpaired) electrons. The Balaban J connectivity index is 1.63. The Morgan fingerprint density at radius 3 is 2.57 bits per heavy atom. The van der Waals surface area contributed by atoms with Crippen LogP contribution in [0.3, 0.4) is 0 Å². The molecule has 1 amide bonds. The first-order valence-corrected chi connectivity index (χ1v) is 9.99. The van der Waals surface area contributed by atoms with Crippen LogP contribution in [-0.2, 0) is 11.2 Å². The number of hydrogen-bond acceptors (Lipinski definition) is 4. The number of rotatable bonds is 4. The third-order valence-corrected chi connectivity index (χ3v) is 6.23. The number of nitrogens with one attached hydrogen (secondary N) is 1. The van der Waals surface area contributed by atoms with Crippen molar-refractivity contribution >= 4 is 33.3 Å². The van der Waals surface area contributed by atoms with E-state index in [1.165, 1.54) is 16.0 Å². The number of nitrogens with zero attached hydrogens (tertiary/aromatic N) is 1. The molecule has 1 N–H and O–H groups in total. The zero-order valence-corrected chi connectivity index (χ0v) is 17.6. The molecule has 0 bridgehead atoms. The van der Waals surface area contributed by atoms with E-state index in [9.17, 15) is 9.59 Å². The van der Waals surface area contributed by atoms with Gasteiger partial charge in [0.2, 0.25) is 0 Å². The number of ketones is 1. The fraction of sp³-hybridized carbons (Fsp3) is 0.333. The predicted molar refractivity (Wildman–Crippen MR) is 108 cm³/mol. The Bertz CT molecular complexity index is 975. The molecule has 2 heterocycles. The minimum absolute atomic E-state index is 0.158. The van der Waals surface area contributed by atoms with Crippen molar-refractivity contribution in [2.45, 2.75) is 19.4 Å². The molecular weight excluding hydrogens is 424 g/mol. The fourth-order valence-corrected chi connectivity index (χ4v) is 4.50. The number of anilines is 1. The lowest BCUT2D eigenvalue weighted by Gasteiger charge is -2.35. The van der Waals surface area contributed by atoms with Gasteiger partial charge < -0.3 is 14.4 Å². The SMILES string of the molecule is COc1cc2c(cc1OC)[C@H](C)[NH+](CN1C(=O)C(=O)c3cc(Br)ccc31)CC2. The van der Waals surface area contributed by atoms with Gasteiger partial charge in [0.1, 0.15) is 6.04 Å². The van der Waals surface area contributed by atoms with Crippen molar-refractivity contribution in [2.75, 3.05) is 32.3 Å². The molecule has 4 rings (SSSR count). The molecular formula is C21H22BrN2O4+. The van der Waals surface area contributed by atoms with Crippen molar-refractivity contribution in [3.8, 4) is 11.5 Å². The van der Waals surface area contributed by atoms with Gasteiger partial charge in [-0.3, -0.25) is 14.5 Å². The van der Waals surface area contributed by atoms with Crippen LogP contribution in [0.25, 0.3) is 0 Å². The molecule has 2 aliphatic rings. The average Bonchev–Trinajstić information content (AvgIpc) is 2.93. The third kappa shape index (κ3) is 2.99. The highest BCUT2D eigenvalue weighted by Gasteiger charge is 2.40. The van der Waals surface area contributed by atoms with Gasteiger partial charge in [0.05, 0.1) is 32.0 Å². The van der Waals surface area contributed by atoms with E-state index in [1.54, 1.807) is 25.2 Å². The van der Waals surface area contributed by atoms with Crippen molar-refractivity contribution in [3.63, 3.8) is 0 Å². The number of Topliss-reactive ketones (excluding diaryl/α,β-unsaturated/α-hetero) is 1. The van der Waals surface area contributed by atoms with Crippen LogP contribution >= 0.6 is 15.9 Å². The molecule has 2 aliphatic heterocycles. The molecule has 28 heavy (non-hydrogen) atoms. The van der Waals surface area contributed by atoms with E-state index >= 15 is 0 Å². The van der Waals surface area contributed by atoms with Gasteiger partial charge in [0.25, 0.3) is 5.78 Å². The normalized spacial score (nSPS) is 20.8.